The Hall–Kier alpha value is -1.79. The Kier molecular flexibility index (Phi) is 5.58. The summed E-state index contributed by atoms with van der Waals surface area (Å²) in [7, 11) is 1.96. The molecule has 0 unspecified atom stereocenters. The Balaban J connectivity index is 1.43. The lowest BCUT2D eigenvalue weighted by atomic mass is 10.1. The molecule has 0 aliphatic carbocycles. The Morgan fingerprint density at radius 2 is 2.04 bits per heavy atom. The first-order chi connectivity index (χ1) is 11.6. The predicted molar refractivity (Wildman–Crippen MR) is 92.2 cm³/mol. The van der Waals surface area contributed by atoms with Crippen molar-refractivity contribution in [2.24, 2.45) is 0 Å². The number of ether oxygens (including phenoxy) is 2. The van der Waals surface area contributed by atoms with Crippen molar-refractivity contribution >= 4 is 5.91 Å². The van der Waals surface area contributed by atoms with Crippen molar-refractivity contribution in [3.8, 4) is 11.5 Å². The number of hydrogen-bond acceptors (Lipinski definition) is 5. The molecular formula is C18H27N3O3. The fraction of sp³-hybridized carbons (Fsp3) is 0.611. The second-order valence-corrected chi connectivity index (χ2v) is 6.64. The predicted octanol–water partition coefficient (Wildman–Crippen LogP) is 1.45. The molecule has 2 aliphatic heterocycles. The Bertz CT molecular complexity index is 571. The van der Waals surface area contributed by atoms with E-state index in [2.05, 4.69) is 17.1 Å². The number of rotatable bonds is 6. The SMILES string of the molecule is CCN1CCC(NC(=O)CN(C)Cc2ccc3c(c2)OCO3)CC1. The van der Waals surface area contributed by atoms with Crippen molar-refractivity contribution in [2.45, 2.75) is 32.4 Å². The zero-order chi connectivity index (χ0) is 16.9. The van der Waals surface area contributed by atoms with Gasteiger partial charge in [-0.2, -0.15) is 0 Å². The molecule has 132 valence electrons. The van der Waals surface area contributed by atoms with Gasteiger partial charge in [0, 0.05) is 25.7 Å². The van der Waals surface area contributed by atoms with Crippen LogP contribution in [-0.4, -0.2) is 61.8 Å². The molecule has 2 heterocycles. The lowest BCUT2D eigenvalue weighted by molar-refractivity contribution is -0.123. The quantitative estimate of drug-likeness (QED) is 0.854. The summed E-state index contributed by atoms with van der Waals surface area (Å²) in [5.74, 6) is 1.68. The minimum absolute atomic E-state index is 0.105. The van der Waals surface area contributed by atoms with Crippen LogP contribution in [0, 0.1) is 0 Å². The summed E-state index contributed by atoms with van der Waals surface area (Å²) in [5, 5.41) is 3.17. The summed E-state index contributed by atoms with van der Waals surface area (Å²) in [6.45, 7) is 6.83. The summed E-state index contributed by atoms with van der Waals surface area (Å²) in [4.78, 5) is 16.7. The highest BCUT2D eigenvalue weighted by molar-refractivity contribution is 5.78. The van der Waals surface area contributed by atoms with Gasteiger partial charge in [0.25, 0.3) is 0 Å². The van der Waals surface area contributed by atoms with Crippen LogP contribution in [0.3, 0.4) is 0 Å². The third-order valence-electron chi connectivity index (χ3n) is 4.70. The molecule has 24 heavy (non-hydrogen) atoms. The molecule has 0 spiro atoms. The van der Waals surface area contributed by atoms with Crippen molar-refractivity contribution in [3.63, 3.8) is 0 Å². The number of amides is 1. The van der Waals surface area contributed by atoms with Crippen LogP contribution in [-0.2, 0) is 11.3 Å². The van der Waals surface area contributed by atoms with Gasteiger partial charge in [0.05, 0.1) is 6.54 Å². The van der Waals surface area contributed by atoms with Crippen molar-refractivity contribution in [2.75, 3.05) is 40.0 Å². The molecule has 0 atom stereocenters. The molecule has 1 aromatic carbocycles. The topological polar surface area (TPSA) is 54.0 Å². The van der Waals surface area contributed by atoms with Gasteiger partial charge in [-0.05, 0) is 44.1 Å². The highest BCUT2D eigenvalue weighted by Crippen LogP contribution is 2.32. The average molecular weight is 333 g/mol. The lowest BCUT2D eigenvalue weighted by Gasteiger charge is -2.31. The van der Waals surface area contributed by atoms with E-state index in [9.17, 15) is 4.79 Å². The van der Waals surface area contributed by atoms with Gasteiger partial charge in [-0.3, -0.25) is 9.69 Å². The molecule has 6 heteroatoms. The normalized spacial score (nSPS) is 18.1. The molecular weight excluding hydrogens is 306 g/mol. The van der Waals surface area contributed by atoms with Gasteiger partial charge in [-0.15, -0.1) is 0 Å². The van der Waals surface area contributed by atoms with Gasteiger partial charge in [0.2, 0.25) is 12.7 Å². The number of fused-ring (bicyclic) bond motifs is 1. The molecule has 3 rings (SSSR count). The molecule has 0 aromatic heterocycles. The van der Waals surface area contributed by atoms with Crippen LogP contribution in [0.4, 0.5) is 0 Å². The number of piperidine rings is 1. The van der Waals surface area contributed by atoms with Gasteiger partial charge in [0.1, 0.15) is 0 Å². The summed E-state index contributed by atoms with van der Waals surface area (Å²) in [6, 6.07) is 6.24. The Labute approximate surface area is 143 Å². The summed E-state index contributed by atoms with van der Waals surface area (Å²) in [6.07, 6.45) is 2.09. The molecule has 2 aliphatic rings. The monoisotopic (exact) mass is 333 g/mol. The molecule has 1 saturated heterocycles. The van der Waals surface area contributed by atoms with Crippen molar-refractivity contribution in [3.05, 3.63) is 23.8 Å². The highest BCUT2D eigenvalue weighted by Gasteiger charge is 2.20. The average Bonchev–Trinajstić information content (AvgIpc) is 3.03. The van der Waals surface area contributed by atoms with Crippen molar-refractivity contribution < 1.29 is 14.3 Å². The zero-order valence-corrected chi connectivity index (χ0v) is 14.6. The highest BCUT2D eigenvalue weighted by atomic mass is 16.7. The van der Waals surface area contributed by atoms with Gasteiger partial charge in [-0.25, -0.2) is 0 Å². The molecule has 1 amide bonds. The van der Waals surface area contributed by atoms with Crippen LogP contribution < -0.4 is 14.8 Å². The fourth-order valence-corrected chi connectivity index (χ4v) is 3.32. The van der Waals surface area contributed by atoms with Gasteiger partial charge < -0.3 is 19.7 Å². The maximum atomic E-state index is 12.2. The Morgan fingerprint density at radius 3 is 2.79 bits per heavy atom. The third kappa shape index (κ3) is 4.39. The van der Waals surface area contributed by atoms with E-state index in [-0.39, 0.29) is 12.7 Å². The third-order valence-corrected chi connectivity index (χ3v) is 4.70. The van der Waals surface area contributed by atoms with Crippen LogP contribution in [0.2, 0.25) is 0 Å². The van der Waals surface area contributed by atoms with Gasteiger partial charge >= 0.3 is 0 Å². The molecule has 1 aromatic rings. The van der Waals surface area contributed by atoms with E-state index >= 15 is 0 Å². The number of nitrogens with zero attached hydrogens (tertiary/aromatic N) is 2. The molecule has 1 fully saturated rings. The molecule has 6 nitrogen and oxygen atoms in total. The maximum Gasteiger partial charge on any atom is 0.234 e. The number of nitrogens with one attached hydrogen (secondary N) is 1. The van der Waals surface area contributed by atoms with Crippen LogP contribution >= 0.6 is 0 Å². The number of likely N-dealkylation sites (tertiary alicyclic amines) is 1. The van der Waals surface area contributed by atoms with E-state index in [0.717, 1.165) is 49.5 Å². The largest absolute Gasteiger partial charge is 0.454 e. The Morgan fingerprint density at radius 1 is 1.29 bits per heavy atom. The number of likely N-dealkylation sites (N-methyl/N-ethyl adjacent to an activating group) is 1. The van der Waals surface area contributed by atoms with Crippen molar-refractivity contribution in [1.82, 2.24) is 15.1 Å². The zero-order valence-electron chi connectivity index (χ0n) is 14.6. The van der Waals surface area contributed by atoms with E-state index in [4.69, 9.17) is 9.47 Å². The van der Waals surface area contributed by atoms with E-state index in [1.54, 1.807) is 0 Å². The van der Waals surface area contributed by atoms with Crippen LogP contribution in [0.15, 0.2) is 18.2 Å². The lowest BCUT2D eigenvalue weighted by Crippen LogP contribution is -2.46. The van der Waals surface area contributed by atoms with Gasteiger partial charge in [0.15, 0.2) is 11.5 Å². The first-order valence-corrected chi connectivity index (χ1v) is 8.73. The fourth-order valence-electron chi connectivity index (χ4n) is 3.32. The standard InChI is InChI=1S/C18H27N3O3/c1-3-21-8-6-15(7-9-21)19-18(22)12-20(2)11-14-4-5-16-17(10-14)24-13-23-16/h4-5,10,15H,3,6-9,11-13H2,1-2H3,(H,19,22). The van der Waals surface area contributed by atoms with E-state index < -0.39 is 0 Å². The summed E-state index contributed by atoms with van der Waals surface area (Å²) >= 11 is 0. The van der Waals surface area contributed by atoms with Crippen LogP contribution in [0.1, 0.15) is 25.3 Å². The molecule has 0 bridgehead atoms. The molecule has 0 saturated carbocycles. The second kappa shape index (κ2) is 7.85. The molecule has 0 radical (unpaired) electrons. The number of carbonyl (C=O) groups excluding carboxylic acids is 1. The molecule has 1 N–H and O–H groups in total. The number of hydrogen-bond donors (Lipinski definition) is 1. The first kappa shape index (κ1) is 17.0. The smallest absolute Gasteiger partial charge is 0.234 e. The van der Waals surface area contributed by atoms with E-state index in [1.807, 2.05) is 30.1 Å². The number of carbonyl (C=O) groups is 1. The van der Waals surface area contributed by atoms with Crippen LogP contribution in [0.5, 0.6) is 11.5 Å². The minimum atomic E-state index is 0.105. The summed E-state index contributed by atoms with van der Waals surface area (Å²) in [5.41, 5.74) is 1.12. The van der Waals surface area contributed by atoms with E-state index in [0.29, 0.717) is 19.1 Å². The van der Waals surface area contributed by atoms with Gasteiger partial charge in [-0.1, -0.05) is 13.0 Å². The van der Waals surface area contributed by atoms with Crippen molar-refractivity contribution in [1.29, 1.82) is 0 Å². The first-order valence-electron chi connectivity index (χ1n) is 8.73. The minimum Gasteiger partial charge on any atom is -0.454 e. The summed E-state index contributed by atoms with van der Waals surface area (Å²) < 4.78 is 10.7. The number of benzene rings is 1. The van der Waals surface area contributed by atoms with Crippen LogP contribution in [0.25, 0.3) is 0 Å². The maximum absolute atomic E-state index is 12.2. The van der Waals surface area contributed by atoms with E-state index in [1.165, 1.54) is 0 Å². The second-order valence-electron chi connectivity index (χ2n) is 6.64.